The van der Waals surface area contributed by atoms with Crippen LogP contribution in [0.4, 0.5) is 5.69 Å². The molecule has 0 amide bonds. The highest BCUT2D eigenvalue weighted by molar-refractivity contribution is 5.97. The molecular weight excluding hydrogens is 246 g/mol. The molecule has 1 unspecified atom stereocenters. The number of anilines is 1. The van der Waals surface area contributed by atoms with E-state index >= 15 is 0 Å². The van der Waals surface area contributed by atoms with Gasteiger partial charge in [0.15, 0.2) is 0 Å². The third-order valence-electron chi connectivity index (χ3n) is 4.00. The minimum atomic E-state index is 0.554. The van der Waals surface area contributed by atoms with Gasteiger partial charge in [-0.05, 0) is 31.5 Å². The number of benzene rings is 2. The fourth-order valence-corrected chi connectivity index (χ4v) is 2.88. The number of nitrogens with one attached hydrogen (secondary N) is 2. The first kappa shape index (κ1) is 13.0. The lowest BCUT2D eigenvalue weighted by Crippen LogP contribution is -2.39. The van der Waals surface area contributed by atoms with Gasteiger partial charge in [0.2, 0.25) is 0 Å². The lowest BCUT2D eigenvalue weighted by Gasteiger charge is -2.24. The van der Waals surface area contributed by atoms with Gasteiger partial charge in [0.25, 0.3) is 0 Å². The summed E-state index contributed by atoms with van der Waals surface area (Å²) < 4.78 is 0. The van der Waals surface area contributed by atoms with Crippen LogP contribution in [0.3, 0.4) is 0 Å². The van der Waals surface area contributed by atoms with Crippen molar-refractivity contribution in [2.75, 3.05) is 18.4 Å². The first-order valence-corrected chi connectivity index (χ1v) is 7.27. The maximum atomic E-state index is 9.18. The molecule has 3 heteroatoms. The molecule has 1 atom stereocenters. The number of nitriles is 1. The Morgan fingerprint density at radius 2 is 2.00 bits per heavy atom. The molecular formula is C17H19N3. The lowest BCUT2D eigenvalue weighted by atomic mass is 10.0. The number of hydrogen-bond donors (Lipinski definition) is 2. The predicted molar refractivity (Wildman–Crippen MR) is 82.8 cm³/mol. The molecule has 1 saturated heterocycles. The van der Waals surface area contributed by atoms with Crippen LogP contribution >= 0.6 is 0 Å². The van der Waals surface area contributed by atoms with Crippen molar-refractivity contribution in [3.63, 3.8) is 0 Å². The van der Waals surface area contributed by atoms with E-state index in [9.17, 15) is 5.26 Å². The average Bonchev–Trinajstić information content (AvgIpc) is 2.53. The molecule has 0 aromatic heterocycles. The third-order valence-corrected chi connectivity index (χ3v) is 4.00. The van der Waals surface area contributed by atoms with E-state index < -0.39 is 0 Å². The maximum Gasteiger partial charge on any atom is 0.0998 e. The van der Waals surface area contributed by atoms with Crippen molar-refractivity contribution >= 4 is 16.5 Å². The van der Waals surface area contributed by atoms with Gasteiger partial charge in [0.1, 0.15) is 0 Å². The van der Waals surface area contributed by atoms with Crippen molar-refractivity contribution in [3.05, 3.63) is 42.0 Å². The number of rotatable bonds is 3. The first-order chi connectivity index (χ1) is 9.88. The molecule has 0 saturated carbocycles. The molecule has 1 fully saturated rings. The van der Waals surface area contributed by atoms with E-state index in [-0.39, 0.29) is 0 Å². The minimum Gasteiger partial charge on any atom is -0.383 e. The topological polar surface area (TPSA) is 47.9 Å². The van der Waals surface area contributed by atoms with Crippen molar-refractivity contribution in [2.24, 2.45) is 0 Å². The van der Waals surface area contributed by atoms with E-state index in [2.05, 4.69) is 22.8 Å². The van der Waals surface area contributed by atoms with Gasteiger partial charge in [-0.2, -0.15) is 5.26 Å². The van der Waals surface area contributed by atoms with Crippen LogP contribution in [0, 0.1) is 11.3 Å². The van der Waals surface area contributed by atoms with E-state index in [0.717, 1.165) is 35.1 Å². The summed E-state index contributed by atoms with van der Waals surface area (Å²) in [6.07, 6.45) is 3.84. The van der Waals surface area contributed by atoms with Crippen LogP contribution in [0.5, 0.6) is 0 Å². The zero-order valence-electron chi connectivity index (χ0n) is 11.5. The summed E-state index contributed by atoms with van der Waals surface area (Å²) in [5.74, 6) is 0. The summed E-state index contributed by atoms with van der Waals surface area (Å²) in [6, 6.07) is 14.8. The lowest BCUT2D eigenvalue weighted by molar-refractivity contribution is 0.414. The van der Waals surface area contributed by atoms with Crippen molar-refractivity contribution in [2.45, 2.75) is 25.3 Å². The second kappa shape index (κ2) is 5.94. The molecule has 0 radical (unpaired) electrons. The maximum absolute atomic E-state index is 9.18. The van der Waals surface area contributed by atoms with Crippen LogP contribution in [0.25, 0.3) is 10.8 Å². The van der Waals surface area contributed by atoms with E-state index in [1.807, 2.05) is 30.3 Å². The van der Waals surface area contributed by atoms with Crippen LogP contribution in [-0.2, 0) is 0 Å². The highest BCUT2D eigenvalue weighted by Gasteiger charge is 2.12. The zero-order chi connectivity index (χ0) is 13.8. The van der Waals surface area contributed by atoms with Crippen LogP contribution in [0.15, 0.2) is 36.4 Å². The van der Waals surface area contributed by atoms with Crippen LogP contribution in [0.2, 0.25) is 0 Å². The van der Waals surface area contributed by atoms with Gasteiger partial charge in [-0.25, -0.2) is 0 Å². The van der Waals surface area contributed by atoms with Crippen molar-refractivity contribution < 1.29 is 0 Å². The average molecular weight is 265 g/mol. The minimum absolute atomic E-state index is 0.554. The Morgan fingerprint density at radius 1 is 1.15 bits per heavy atom. The highest BCUT2D eigenvalue weighted by Crippen LogP contribution is 2.26. The van der Waals surface area contributed by atoms with Crippen LogP contribution in [-0.4, -0.2) is 19.1 Å². The molecule has 2 aromatic carbocycles. The van der Waals surface area contributed by atoms with Gasteiger partial charge in [0.05, 0.1) is 11.6 Å². The Kier molecular flexibility index (Phi) is 3.85. The highest BCUT2D eigenvalue weighted by atomic mass is 15.0. The number of fused-ring (bicyclic) bond motifs is 1. The monoisotopic (exact) mass is 265 g/mol. The molecule has 0 aliphatic carbocycles. The van der Waals surface area contributed by atoms with Crippen molar-refractivity contribution in [1.82, 2.24) is 5.32 Å². The predicted octanol–water partition coefficient (Wildman–Crippen LogP) is 3.27. The molecule has 1 heterocycles. The Hall–Kier alpha value is -2.05. The fourth-order valence-electron chi connectivity index (χ4n) is 2.88. The third kappa shape index (κ3) is 2.61. The number of piperidine rings is 1. The van der Waals surface area contributed by atoms with Gasteiger partial charge < -0.3 is 10.6 Å². The van der Waals surface area contributed by atoms with Crippen molar-refractivity contribution in [1.29, 1.82) is 5.26 Å². The number of hydrogen-bond acceptors (Lipinski definition) is 3. The molecule has 1 aliphatic heterocycles. The summed E-state index contributed by atoms with van der Waals surface area (Å²) in [7, 11) is 0. The normalized spacial score (nSPS) is 18.6. The Balaban J connectivity index is 1.83. The molecule has 2 aromatic rings. The second-order valence-corrected chi connectivity index (χ2v) is 5.35. The molecule has 1 aliphatic rings. The van der Waals surface area contributed by atoms with E-state index in [1.54, 1.807) is 0 Å². The zero-order valence-corrected chi connectivity index (χ0v) is 11.5. The Labute approximate surface area is 119 Å². The van der Waals surface area contributed by atoms with Crippen LogP contribution in [0.1, 0.15) is 24.8 Å². The standard InChI is InChI=1S/C17H19N3/c18-11-13-8-9-17(16-7-2-1-6-15(13)16)20-12-14-5-3-4-10-19-14/h1-2,6-9,14,19-20H,3-5,10,12H2. The van der Waals surface area contributed by atoms with E-state index in [0.29, 0.717) is 6.04 Å². The molecule has 2 N–H and O–H groups in total. The van der Waals surface area contributed by atoms with Gasteiger partial charge in [-0.3, -0.25) is 0 Å². The molecule has 0 bridgehead atoms. The largest absolute Gasteiger partial charge is 0.383 e. The fraction of sp³-hybridized carbons (Fsp3) is 0.353. The summed E-state index contributed by atoms with van der Waals surface area (Å²) >= 11 is 0. The van der Waals surface area contributed by atoms with Crippen molar-refractivity contribution in [3.8, 4) is 6.07 Å². The summed E-state index contributed by atoms with van der Waals surface area (Å²) in [4.78, 5) is 0. The first-order valence-electron chi connectivity index (χ1n) is 7.27. The Bertz CT molecular complexity index is 636. The van der Waals surface area contributed by atoms with Gasteiger partial charge in [0, 0.05) is 29.0 Å². The molecule has 20 heavy (non-hydrogen) atoms. The van der Waals surface area contributed by atoms with E-state index in [1.165, 1.54) is 19.3 Å². The summed E-state index contributed by atoms with van der Waals surface area (Å²) in [5.41, 5.74) is 1.86. The molecule has 3 rings (SSSR count). The quantitative estimate of drug-likeness (QED) is 0.895. The second-order valence-electron chi connectivity index (χ2n) is 5.35. The smallest absolute Gasteiger partial charge is 0.0998 e. The Morgan fingerprint density at radius 3 is 2.75 bits per heavy atom. The summed E-state index contributed by atoms with van der Waals surface area (Å²) in [5, 5.41) is 18.4. The SMILES string of the molecule is N#Cc1ccc(NCC2CCCCN2)c2ccccc12. The van der Waals surface area contributed by atoms with Crippen LogP contribution < -0.4 is 10.6 Å². The molecule has 102 valence electrons. The number of nitrogens with zero attached hydrogens (tertiary/aromatic N) is 1. The molecule has 0 spiro atoms. The molecule has 3 nitrogen and oxygen atoms in total. The van der Waals surface area contributed by atoms with Gasteiger partial charge in [-0.15, -0.1) is 0 Å². The van der Waals surface area contributed by atoms with Gasteiger partial charge in [-0.1, -0.05) is 30.7 Å². The summed E-state index contributed by atoms with van der Waals surface area (Å²) in [6.45, 7) is 2.07. The van der Waals surface area contributed by atoms with Gasteiger partial charge >= 0.3 is 0 Å². The van der Waals surface area contributed by atoms with E-state index in [4.69, 9.17) is 0 Å².